The molecule has 4 aromatic rings. The lowest BCUT2D eigenvalue weighted by molar-refractivity contribution is 0.442. The fourth-order valence-electron chi connectivity index (χ4n) is 11.4. The topological polar surface area (TPSA) is 0 Å². The van der Waals surface area contributed by atoms with Crippen LogP contribution in [-0.4, -0.2) is 22.6 Å². The number of hydrogen-bond acceptors (Lipinski definition) is 0. The van der Waals surface area contributed by atoms with Crippen molar-refractivity contribution in [1.82, 2.24) is 0 Å². The van der Waals surface area contributed by atoms with Gasteiger partial charge in [-0.3, -0.25) is 0 Å². The van der Waals surface area contributed by atoms with Crippen molar-refractivity contribution in [2.24, 2.45) is 0 Å². The normalized spacial score (nSPS) is 22.6. The van der Waals surface area contributed by atoms with Crippen LogP contribution < -0.4 is 5.30 Å². The standard InChI is InChI=1S/C52H66P2/c1-39-38-44(34-37-49(39)50-30-18-19-31-51(50)54(46-26-14-6-15-27-46)47-28-16-7-17-29-47)41-32-35-48(36-33-41)53(45-24-12-5-13-25-45)40(2)52(42-20-8-3-9-21-42)43-22-10-4-11-23-43/h3-4,8-11,18-23,30-31,34,37-38,41,45-48H,5-7,12-17,24-29,32-33,35-36H2,1-2H3. The van der Waals surface area contributed by atoms with Gasteiger partial charge in [0.1, 0.15) is 0 Å². The molecule has 0 spiro atoms. The third-order valence-electron chi connectivity index (χ3n) is 14.1. The molecule has 0 aromatic heterocycles. The minimum atomic E-state index is -0.215. The van der Waals surface area contributed by atoms with Crippen molar-refractivity contribution in [2.75, 3.05) is 0 Å². The van der Waals surface area contributed by atoms with Crippen molar-refractivity contribution < 1.29 is 0 Å². The van der Waals surface area contributed by atoms with Gasteiger partial charge in [0.25, 0.3) is 0 Å². The Balaban J connectivity index is 1.04. The second-order valence-electron chi connectivity index (χ2n) is 17.5. The molecule has 0 aliphatic heterocycles. The maximum absolute atomic E-state index is 2.62. The lowest BCUT2D eigenvalue weighted by atomic mass is 9.82. The second kappa shape index (κ2) is 18.6. The average Bonchev–Trinajstić information content (AvgIpc) is 3.24. The average molecular weight is 753 g/mol. The Morgan fingerprint density at radius 3 is 1.48 bits per heavy atom. The highest BCUT2D eigenvalue weighted by Crippen LogP contribution is 2.64. The molecule has 284 valence electrons. The lowest BCUT2D eigenvalue weighted by Gasteiger charge is -2.41. The van der Waals surface area contributed by atoms with Gasteiger partial charge in [-0.05, 0) is 156 Å². The van der Waals surface area contributed by atoms with Crippen LogP contribution in [0, 0.1) is 6.92 Å². The van der Waals surface area contributed by atoms with Gasteiger partial charge in [0, 0.05) is 0 Å². The molecule has 0 heterocycles. The highest BCUT2D eigenvalue weighted by Gasteiger charge is 2.37. The summed E-state index contributed by atoms with van der Waals surface area (Å²) in [6, 6.07) is 40.2. The van der Waals surface area contributed by atoms with Crippen LogP contribution in [0.4, 0.5) is 0 Å². The lowest BCUT2D eigenvalue weighted by Crippen LogP contribution is -2.27. The molecule has 4 aliphatic rings. The molecule has 0 saturated heterocycles. The Morgan fingerprint density at radius 2 is 0.944 bits per heavy atom. The van der Waals surface area contributed by atoms with Gasteiger partial charge >= 0.3 is 0 Å². The summed E-state index contributed by atoms with van der Waals surface area (Å²) in [6.45, 7) is 4.98. The summed E-state index contributed by atoms with van der Waals surface area (Å²) in [6.07, 6.45) is 27.2. The van der Waals surface area contributed by atoms with E-state index in [0.29, 0.717) is 5.92 Å². The summed E-state index contributed by atoms with van der Waals surface area (Å²) in [5.74, 6) is 0.695. The molecule has 4 fully saturated rings. The predicted octanol–water partition coefficient (Wildman–Crippen LogP) is 15.8. The molecule has 0 bridgehead atoms. The van der Waals surface area contributed by atoms with E-state index in [1.807, 2.05) is 0 Å². The third-order valence-corrected chi connectivity index (χ3v) is 21.2. The Hall–Kier alpha value is -2.52. The first-order valence-electron chi connectivity index (χ1n) is 22.2. The predicted molar refractivity (Wildman–Crippen MR) is 240 cm³/mol. The van der Waals surface area contributed by atoms with E-state index < -0.39 is 0 Å². The number of allylic oxidation sites excluding steroid dienone is 1. The molecule has 0 radical (unpaired) electrons. The van der Waals surface area contributed by atoms with Crippen LogP contribution in [0.2, 0.25) is 0 Å². The highest BCUT2D eigenvalue weighted by molar-refractivity contribution is 7.67. The SMILES string of the molecule is CC(=C(c1ccccc1)c1ccccc1)P(C1CCCCC1)C1CCC(c2ccc(-c3ccccc3P(C3CCCCC3)C3CCCCC3)c(C)c2)CC1. The van der Waals surface area contributed by atoms with Crippen molar-refractivity contribution in [3.63, 3.8) is 0 Å². The maximum Gasteiger partial charge on any atom is -0.00773 e. The fraction of sp³-hybridized carbons (Fsp3) is 0.500. The minimum Gasteiger partial charge on any atom is -0.0730 e. The molecule has 0 amide bonds. The Morgan fingerprint density at radius 1 is 0.463 bits per heavy atom. The Kier molecular flexibility index (Phi) is 13.2. The third kappa shape index (κ3) is 8.72. The first-order valence-corrected chi connectivity index (χ1v) is 25.2. The van der Waals surface area contributed by atoms with E-state index >= 15 is 0 Å². The van der Waals surface area contributed by atoms with E-state index in [2.05, 4.69) is 117 Å². The van der Waals surface area contributed by atoms with Crippen molar-refractivity contribution in [1.29, 1.82) is 0 Å². The van der Waals surface area contributed by atoms with Gasteiger partial charge in [-0.1, -0.05) is 177 Å². The van der Waals surface area contributed by atoms with Crippen LogP contribution in [0.15, 0.2) is 108 Å². The number of benzene rings is 4. The van der Waals surface area contributed by atoms with Crippen LogP contribution in [0.5, 0.6) is 0 Å². The van der Waals surface area contributed by atoms with Crippen LogP contribution in [0.3, 0.4) is 0 Å². The maximum atomic E-state index is 2.62. The van der Waals surface area contributed by atoms with Gasteiger partial charge in [-0.15, -0.1) is 0 Å². The zero-order chi connectivity index (χ0) is 36.7. The van der Waals surface area contributed by atoms with Crippen molar-refractivity contribution >= 4 is 26.7 Å². The Labute approximate surface area is 331 Å². The molecule has 1 atom stereocenters. The largest absolute Gasteiger partial charge is 0.0730 e. The summed E-state index contributed by atoms with van der Waals surface area (Å²) in [4.78, 5) is 0. The molecule has 54 heavy (non-hydrogen) atoms. The molecule has 0 nitrogen and oxygen atoms in total. The van der Waals surface area contributed by atoms with E-state index in [0.717, 1.165) is 22.6 Å². The molecule has 0 N–H and O–H groups in total. The van der Waals surface area contributed by atoms with Crippen LogP contribution in [0.25, 0.3) is 16.7 Å². The molecular weight excluding hydrogens is 687 g/mol. The molecular formula is C52H66P2. The number of hydrogen-bond donors (Lipinski definition) is 0. The summed E-state index contributed by atoms with van der Waals surface area (Å²) in [5, 5.41) is 3.46. The quantitative estimate of drug-likeness (QED) is 0.142. The molecule has 4 saturated carbocycles. The zero-order valence-electron chi connectivity index (χ0n) is 33.5. The van der Waals surface area contributed by atoms with E-state index in [1.54, 1.807) is 21.7 Å². The van der Waals surface area contributed by atoms with E-state index in [-0.39, 0.29) is 15.8 Å². The van der Waals surface area contributed by atoms with Gasteiger partial charge in [-0.25, -0.2) is 0 Å². The monoisotopic (exact) mass is 752 g/mol. The van der Waals surface area contributed by atoms with Crippen LogP contribution >= 0.6 is 15.8 Å². The first kappa shape index (κ1) is 38.4. The minimum absolute atomic E-state index is 0.128. The van der Waals surface area contributed by atoms with Gasteiger partial charge < -0.3 is 0 Å². The fourth-order valence-corrected chi connectivity index (χ4v) is 19.3. The smallest absolute Gasteiger partial charge is 0.00773 e. The molecule has 4 aromatic carbocycles. The molecule has 2 heteroatoms. The molecule has 8 rings (SSSR count). The van der Waals surface area contributed by atoms with Gasteiger partial charge in [-0.2, -0.15) is 0 Å². The zero-order valence-corrected chi connectivity index (χ0v) is 35.3. The highest BCUT2D eigenvalue weighted by atomic mass is 31.1. The summed E-state index contributed by atoms with van der Waals surface area (Å²) in [7, 11) is -0.343. The van der Waals surface area contributed by atoms with Crippen molar-refractivity contribution in [3.05, 3.63) is 131 Å². The van der Waals surface area contributed by atoms with Gasteiger partial charge in [0.15, 0.2) is 0 Å². The van der Waals surface area contributed by atoms with Gasteiger partial charge in [0.2, 0.25) is 0 Å². The van der Waals surface area contributed by atoms with E-state index in [4.69, 9.17) is 0 Å². The second-order valence-corrected chi connectivity index (χ2v) is 23.2. The van der Waals surface area contributed by atoms with Gasteiger partial charge in [0.05, 0.1) is 0 Å². The summed E-state index contributed by atoms with van der Waals surface area (Å²) in [5.41, 5.74) is 14.1. The van der Waals surface area contributed by atoms with Crippen LogP contribution in [0.1, 0.15) is 157 Å². The van der Waals surface area contributed by atoms with Crippen molar-refractivity contribution in [3.8, 4) is 11.1 Å². The first-order chi connectivity index (χ1) is 26.7. The Bertz CT molecular complexity index is 1740. The van der Waals surface area contributed by atoms with Crippen molar-refractivity contribution in [2.45, 2.75) is 164 Å². The van der Waals surface area contributed by atoms with E-state index in [1.165, 1.54) is 150 Å². The number of aryl methyl sites for hydroxylation is 1. The molecule has 1 unspecified atom stereocenters. The molecule has 4 aliphatic carbocycles. The van der Waals surface area contributed by atoms with Crippen LogP contribution in [-0.2, 0) is 0 Å². The number of rotatable bonds is 10. The summed E-state index contributed by atoms with van der Waals surface area (Å²) >= 11 is 0. The van der Waals surface area contributed by atoms with E-state index in [9.17, 15) is 0 Å². The summed E-state index contributed by atoms with van der Waals surface area (Å²) < 4.78 is 0.